The monoisotopic (exact) mass is 485 g/mol. The third-order valence-electron chi connectivity index (χ3n) is 6.96. The molecule has 3 aromatic rings. The summed E-state index contributed by atoms with van der Waals surface area (Å²) in [6, 6.07) is 12.7. The second kappa shape index (κ2) is 10.9. The molecule has 1 unspecified atom stereocenters. The number of hydrogen-bond acceptors (Lipinski definition) is 5. The summed E-state index contributed by atoms with van der Waals surface area (Å²) in [4.78, 5) is 16.7. The van der Waals surface area contributed by atoms with E-state index in [9.17, 15) is 4.79 Å². The van der Waals surface area contributed by atoms with Crippen LogP contribution in [0.15, 0.2) is 46.3 Å². The second-order valence-corrected chi connectivity index (χ2v) is 10.2. The number of aryl methyl sites for hydroxylation is 2. The summed E-state index contributed by atoms with van der Waals surface area (Å²) in [6.45, 7) is 5.05. The summed E-state index contributed by atoms with van der Waals surface area (Å²) in [6.07, 6.45) is 7.20. The van der Waals surface area contributed by atoms with Crippen molar-refractivity contribution in [1.29, 1.82) is 0 Å². The van der Waals surface area contributed by atoms with Gasteiger partial charge >= 0.3 is 0 Å². The van der Waals surface area contributed by atoms with Crippen molar-refractivity contribution in [2.45, 2.75) is 51.5 Å². The average Bonchev–Trinajstić information content (AvgIpc) is 3.53. The smallest absolute Gasteiger partial charge is 0.273 e. The molecule has 1 aromatic carbocycles. The number of likely N-dealkylation sites (tertiary alicyclic amines) is 1. The normalized spacial score (nSPS) is 17.7. The molecule has 0 radical (unpaired) electrons. The SMILES string of the molecule is CC1CCN(C(CNC(=O)c2cc(-c3ccc4c(c3)CCCC4)on2)c2cccs2)CC1.Cl. The van der Waals surface area contributed by atoms with Crippen LogP contribution in [0, 0.1) is 5.92 Å². The van der Waals surface area contributed by atoms with E-state index >= 15 is 0 Å². The molecule has 33 heavy (non-hydrogen) atoms. The van der Waals surface area contributed by atoms with E-state index in [0.29, 0.717) is 18.0 Å². The van der Waals surface area contributed by atoms with Crippen molar-refractivity contribution >= 4 is 29.7 Å². The lowest BCUT2D eigenvalue weighted by molar-refractivity contribution is 0.0906. The van der Waals surface area contributed by atoms with Crippen LogP contribution in [-0.4, -0.2) is 35.6 Å². The van der Waals surface area contributed by atoms with Crippen molar-refractivity contribution in [1.82, 2.24) is 15.4 Å². The highest BCUT2D eigenvalue weighted by Gasteiger charge is 2.26. The molecule has 0 bridgehead atoms. The van der Waals surface area contributed by atoms with E-state index in [4.69, 9.17) is 4.52 Å². The van der Waals surface area contributed by atoms with Crippen LogP contribution in [-0.2, 0) is 12.8 Å². The Morgan fingerprint density at radius 3 is 2.73 bits per heavy atom. The molecule has 1 amide bonds. The third-order valence-corrected chi connectivity index (χ3v) is 7.94. The standard InChI is InChI=1S/C26H31N3O2S.ClH/c1-18-10-12-29(13-11-18)23(25-7-4-14-32-25)17-27-26(30)22-16-24(31-28-22)21-9-8-19-5-2-3-6-20(19)15-21;/h4,7-9,14-16,18,23H,2-3,5-6,10-13,17H2,1H3,(H,27,30);1H. The second-order valence-electron chi connectivity index (χ2n) is 9.23. The summed E-state index contributed by atoms with van der Waals surface area (Å²) in [5.74, 6) is 1.26. The minimum Gasteiger partial charge on any atom is -0.355 e. The number of fused-ring (bicyclic) bond motifs is 1. The summed E-state index contributed by atoms with van der Waals surface area (Å²) >= 11 is 1.76. The average molecular weight is 486 g/mol. The Kier molecular flexibility index (Phi) is 7.89. The summed E-state index contributed by atoms with van der Waals surface area (Å²) in [5.41, 5.74) is 4.17. The molecule has 1 aliphatic carbocycles. The number of carbonyl (C=O) groups excluding carboxylic acids is 1. The minimum absolute atomic E-state index is 0. The van der Waals surface area contributed by atoms with Crippen molar-refractivity contribution in [3.63, 3.8) is 0 Å². The van der Waals surface area contributed by atoms with Gasteiger partial charge in [-0.2, -0.15) is 0 Å². The molecule has 2 aliphatic rings. The van der Waals surface area contributed by atoms with Crippen LogP contribution in [0.5, 0.6) is 0 Å². The number of aromatic nitrogens is 1. The summed E-state index contributed by atoms with van der Waals surface area (Å²) in [5, 5.41) is 9.29. The Labute approximate surface area is 206 Å². The molecule has 1 saturated heterocycles. The molecule has 1 aliphatic heterocycles. The van der Waals surface area contributed by atoms with Gasteiger partial charge in [0.05, 0.1) is 6.04 Å². The molecular formula is C26H32ClN3O2S. The quantitative estimate of drug-likeness (QED) is 0.471. The first-order valence-electron chi connectivity index (χ1n) is 11.8. The number of piperidine rings is 1. The van der Waals surface area contributed by atoms with E-state index in [1.54, 1.807) is 17.4 Å². The maximum atomic E-state index is 12.9. The number of nitrogens with one attached hydrogen (secondary N) is 1. The van der Waals surface area contributed by atoms with E-state index in [1.165, 1.54) is 41.7 Å². The van der Waals surface area contributed by atoms with Crippen molar-refractivity contribution < 1.29 is 9.32 Å². The maximum Gasteiger partial charge on any atom is 0.273 e. The van der Waals surface area contributed by atoms with Gasteiger partial charge in [0.25, 0.3) is 5.91 Å². The van der Waals surface area contributed by atoms with Gasteiger partial charge in [0.1, 0.15) is 0 Å². The first-order chi connectivity index (χ1) is 15.7. The first kappa shape index (κ1) is 24.0. The zero-order chi connectivity index (χ0) is 21.9. The molecule has 5 nitrogen and oxygen atoms in total. The fraction of sp³-hybridized carbons (Fsp3) is 0.462. The highest BCUT2D eigenvalue weighted by molar-refractivity contribution is 7.10. The van der Waals surface area contributed by atoms with Crippen molar-refractivity contribution in [3.8, 4) is 11.3 Å². The molecule has 2 aromatic heterocycles. The Morgan fingerprint density at radius 1 is 1.18 bits per heavy atom. The lowest BCUT2D eigenvalue weighted by Crippen LogP contribution is -2.41. The molecule has 176 valence electrons. The predicted octanol–water partition coefficient (Wildman–Crippen LogP) is 5.91. The van der Waals surface area contributed by atoms with Gasteiger partial charge in [-0.05, 0) is 86.2 Å². The zero-order valence-corrected chi connectivity index (χ0v) is 20.7. The number of hydrogen-bond donors (Lipinski definition) is 1. The molecule has 1 N–H and O–H groups in total. The van der Waals surface area contributed by atoms with Crippen LogP contribution >= 0.6 is 23.7 Å². The van der Waals surface area contributed by atoms with Gasteiger partial charge in [-0.15, -0.1) is 23.7 Å². The number of carbonyl (C=O) groups is 1. The van der Waals surface area contributed by atoms with Crippen LogP contribution < -0.4 is 5.32 Å². The van der Waals surface area contributed by atoms with Crippen molar-refractivity contribution in [3.05, 3.63) is 63.5 Å². The van der Waals surface area contributed by atoms with Crippen molar-refractivity contribution in [2.24, 2.45) is 5.92 Å². The number of benzene rings is 1. The van der Waals surface area contributed by atoms with Crippen LogP contribution in [0.4, 0.5) is 0 Å². The summed E-state index contributed by atoms with van der Waals surface area (Å²) in [7, 11) is 0. The molecule has 3 heterocycles. The van der Waals surface area contributed by atoms with Gasteiger partial charge in [-0.1, -0.05) is 30.3 Å². The van der Waals surface area contributed by atoms with Crippen LogP contribution in [0.3, 0.4) is 0 Å². The molecule has 7 heteroatoms. The van der Waals surface area contributed by atoms with Crippen molar-refractivity contribution in [2.75, 3.05) is 19.6 Å². The number of amides is 1. The van der Waals surface area contributed by atoms with Crippen LogP contribution in [0.2, 0.25) is 0 Å². The third kappa shape index (κ3) is 5.51. The lowest BCUT2D eigenvalue weighted by atomic mass is 9.90. The first-order valence-corrected chi connectivity index (χ1v) is 12.7. The molecule has 0 spiro atoms. The van der Waals surface area contributed by atoms with Gasteiger partial charge in [0, 0.05) is 23.1 Å². The number of nitrogens with zero attached hydrogens (tertiary/aromatic N) is 2. The predicted molar refractivity (Wildman–Crippen MR) is 135 cm³/mol. The van der Waals surface area contributed by atoms with Gasteiger partial charge in [0.2, 0.25) is 0 Å². The largest absolute Gasteiger partial charge is 0.355 e. The fourth-order valence-corrected chi connectivity index (χ4v) is 5.78. The van der Waals surface area contributed by atoms with Gasteiger partial charge in [-0.25, -0.2) is 0 Å². The van der Waals surface area contributed by atoms with Crippen LogP contribution in [0.1, 0.15) is 65.1 Å². The van der Waals surface area contributed by atoms with E-state index in [1.807, 2.05) is 0 Å². The number of thiophene rings is 1. The number of rotatable bonds is 6. The molecular weight excluding hydrogens is 454 g/mol. The van der Waals surface area contributed by atoms with Gasteiger partial charge in [-0.3, -0.25) is 9.69 Å². The Morgan fingerprint density at radius 2 is 1.97 bits per heavy atom. The van der Waals surface area contributed by atoms with E-state index in [0.717, 1.165) is 37.4 Å². The molecule has 1 fully saturated rings. The van der Waals surface area contributed by atoms with E-state index < -0.39 is 0 Å². The minimum atomic E-state index is -0.176. The molecule has 5 rings (SSSR count). The lowest BCUT2D eigenvalue weighted by Gasteiger charge is -2.36. The molecule has 1 atom stereocenters. The highest BCUT2D eigenvalue weighted by Crippen LogP contribution is 2.30. The van der Waals surface area contributed by atoms with E-state index in [2.05, 4.69) is 58.0 Å². The molecule has 0 saturated carbocycles. The Balaban J connectivity index is 0.00000259. The summed E-state index contributed by atoms with van der Waals surface area (Å²) < 4.78 is 5.55. The Hall–Kier alpha value is -2.15. The van der Waals surface area contributed by atoms with Gasteiger partial charge in [0.15, 0.2) is 11.5 Å². The van der Waals surface area contributed by atoms with Crippen LogP contribution in [0.25, 0.3) is 11.3 Å². The maximum absolute atomic E-state index is 12.9. The topological polar surface area (TPSA) is 58.4 Å². The van der Waals surface area contributed by atoms with Gasteiger partial charge < -0.3 is 9.84 Å². The highest BCUT2D eigenvalue weighted by atomic mass is 35.5. The fourth-order valence-electron chi connectivity index (χ4n) is 4.92. The van der Waals surface area contributed by atoms with E-state index in [-0.39, 0.29) is 24.4 Å². The zero-order valence-electron chi connectivity index (χ0n) is 19.1. The Bertz CT molecular complexity index is 1060. The number of halogens is 1.